The summed E-state index contributed by atoms with van der Waals surface area (Å²) < 4.78 is 15.6. The Labute approximate surface area is 203 Å². The number of fused-ring (bicyclic) bond motifs is 1. The number of aromatic hydroxyl groups is 1. The number of phenolic OH excluding ortho intramolecular Hbond substituents is 1. The number of carbonyl (C=O) groups excluding carboxylic acids is 1. The Hall–Kier alpha value is -4.30. The first-order valence-electron chi connectivity index (χ1n) is 10.8. The number of nitrogens with zero attached hydrogens (tertiary/aromatic N) is 2. The molecular weight excluding hydrogens is 465 g/mol. The minimum Gasteiger partial charge on any atom is -0.508 e. The van der Waals surface area contributed by atoms with Gasteiger partial charge < -0.3 is 10.4 Å². The smallest absolute Gasteiger partial charge is 0.271 e. The molecule has 6 nitrogen and oxygen atoms in total. The molecule has 1 atom stereocenters. The molecule has 0 unspecified atom stereocenters. The highest BCUT2D eigenvalue weighted by Crippen LogP contribution is 2.31. The molecule has 1 amide bonds. The van der Waals surface area contributed by atoms with Gasteiger partial charge in [-0.3, -0.25) is 14.2 Å². The summed E-state index contributed by atoms with van der Waals surface area (Å²) in [5.74, 6) is -0.721. The molecule has 0 spiro atoms. The number of allylic oxidation sites excluding steroid dienone is 1. The molecule has 2 N–H and O–H groups in total. The maximum absolute atomic E-state index is 13.7. The first-order chi connectivity index (χ1) is 16.9. The summed E-state index contributed by atoms with van der Waals surface area (Å²) in [7, 11) is 0. The van der Waals surface area contributed by atoms with E-state index in [1.54, 1.807) is 61.5 Å². The zero-order chi connectivity index (χ0) is 24.5. The lowest BCUT2D eigenvalue weighted by atomic mass is 9.95. The van der Waals surface area contributed by atoms with Gasteiger partial charge in [0.1, 0.15) is 11.6 Å². The van der Waals surface area contributed by atoms with Gasteiger partial charge in [0, 0.05) is 5.69 Å². The number of nitrogens with one attached hydrogen (secondary N) is 1. The Bertz CT molecular complexity index is 1640. The Morgan fingerprint density at radius 2 is 1.83 bits per heavy atom. The number of halogens is 1. The second-order valence-corrected chi connectivity index (χ2v) is 9.06. The van der Waals surface area contributed by atoms with Crippen molar-refractivity contribution in [1.29, 1.82) is 0 Å². The third-order valence-corrected chi connectivity index (χ3v) is 6.63. The van der Waals surface area contributed by atoms with E-state index in [-0.39, 0.29) is 11.3 Å². The highest BCUT2D eigenvalue weighted by Gasteiger charge is 2.32. The number of phenols is 1. The van der Waals surface area contributed by atoms with Crippen molar-refractivity contribution < 1.29 is 14.3 Å². The minimum absolute atomic E-state index is 0.0893. The molecule has 35 heavy (non-hydrogen) atoms. The van der Waals surface area contributed by atoms with Crippen molar-refractivity contribution in [2.75, 3.05) is 5.32 Å². The van der Waals surface area contributed by atoms with E-state index >= 15 is 0 Å². The van der Waals surface area contributed by atoms with Crippen LogP contribution in [-0.2, 0) is 4.79 Å². The van der Waals surface area contributed by atoms with Gasteiger partial charge in [0.2, 0.25) is 0 Å². The summed E-state index contributed by atoms with van der Waals surface area (Å²) >= 11 is 1.19. The van der Waals surface area contributed by atoms with Crippen LogP contribution in [0.2, 0.25) is 0 Å². The fraction of sp³-hybridized carbons (Fsp3) is 0.0741. The number of thiazole rings is 1. The van der Waals surface area contributed by atoms with E-state index in [0.717, 1.165) is 0 Å². The maximum atomic E-state index is 13.7. The predicted molar refractivity (Wildman–Crippen MR) is 133 cm³/mol. The van der Waals surface area contributed by atoms with Crippen LogP contribution in [0, 0.1) is 5.82 Å². The van der Waals surface area contributed by atoms with Crippen LogP contribution in [0.15, 0.2) is 99.9 Å². The lowest BCUT2D eigenvalue weighted by Gasteiger charge is -2.25. The Kier molecular flexibility index (Phi) is 5.88. The number of aromatic nitrogens is 1. The average Bonchev–Trinajstić information content (AvgIpc) is 3.13. The molecule has 0 saturated heterocycles. The number of anilines is 1. The minimum atomic E-state index is -0.790. The predicted octanol–water partition coefficient (Wildman–Crippen LogP) is 3.72. The largest absolute Gasteiger partial charge is 0.508 e. The van der Waals surface area contributed by atoms with Crippen molar-refractivity contribution in [3.8, 4) is 5.75 Å². The standard InChI is InChI=1S/C27H20FN3O3S/c1-16-23(25(33)30-20-7-3-2-4-8-20)24(18-10-12-19(28)13-11-18)31-26(34)22(35-27(31)29-16)15-17-6-5-9-21(32)14-17/h2-15,24,32H,1H3,(H,30,33)/b22-15+/t24-/m1/s1. The second kappa shape index (κ2) is 9.15. The van der Waals surface area contributed by atoms with Gasteiger partial charge in [-0.25, -0.2) is 9.38 Å². The van der Waals surface area contributed by atoms with Gasteiger partial charge >= 0.3 is 0 Å². The van der Waals surface area contributed by atoms with E-state index in [1.165, 1.54) is 28.0 Å². The topological polar surface area (TPSA) is 83.7 Å². The number of rotatable bonds is 4. The molecule has 0 aliphatic carbocycles. The van der Waals surface area contributed by atoms with Crippen molar-refractivity contribution in [3.05, 3.63) is 127 Å². The molecule has 5 rings (SSSR count). The quantitative estimate of drug-likeness (QED) is 0.462. The number of carbonyl (C=O) groups is 1. The summed E-state index contributed by atoms with van der Waals surface area (Å²) in [6.07, 6.45) is 1.67. The number of para-hydroxylation sites is 1. The van der Waals surface area contributed by atoms with Crippen LogP contribution in [0.5, 0.6) is 5.75 Å². The Morgan fingerprint density at radius 1 is 1.09 bits per heavy atom. The van der Waals surface area contributed by atoms with Crippen LogP contribution in [0.4, 0.5) is 10.1 Å². The molecule has 2 heterocycles. The molecule has 1 aliphatic rings. The van der Waals surface area contributed by atoms with Gasteiger partial charge in [-0.05, 0) is 60.5 Å². The van der Waals surface area contributed by atoms with Gasteiger partial charge in [-0.1, -0.05) is 53.8 Å². The summed E-state index contributed by atoms with van der Waals surface area (Å²) in [5, 5.41) is 12.7. The number of amides is 1. The van der Waals surface area contributed by atoms with E-state index in [1.807, 2.05) is 18.2 Å². The highest BCUT2D eigenvalue weighted by molar-refractivity contribution is 7.07. The Balaban J connectivity index is 1.68. The Morgan fingerprint density at radius 3 is 2.54 bits per heavy atom. The van der Waals surface area contributed by atoms with E-state index in [2.05, 4.69) is 10.3 Å². The fourth-order valence-corrected chi connectivity index (χ4v) is 5.10. The van der Waals surface area contributed by atoms with E-state index < -0.39 is 17.8 Å². The molecular formula is C27H20FN3O3S. The zero-order valence-electron chi connectivity index (χ0n) is 18.6. The maximum Gasteiger partial charge on any atom is 0.271 e. The molecule has 174 valence electrons. The lowest BCUT2D eigenvalue weighted by Crippen LogP contribution is -2.40. The molecule has 8 heteroatoms. The lowest BCUT2D eigenvalue weighted by molar-refractivity contribution is -0.113. The van der Waals surface area contributed by atoms with Gasteiger partial charge in [0.25, 0.3) is 11.5 Å². The zero-order valence-corrected chi connectivity index (χ0v) is 19.4. The summed E-state index contributed by atoms with van der Waals surface area (Å²) in [6.45, 7) is 1.72. The van der Waals surface area contributed by atoms with Crippen LogP contribution < -0.4 is 20.2 Å². The third kappa shape index (κ3) is 4.43. The molecule has 3 aromatic carbocycles. The van der Waals surface area contributed by atoms with E-state index in [9.17, 15) is 19.1 Å². The molecule has 1 aliphatic heterocycles. The van der Waals surface area contributed by atoms with Crippen molar-refractivity contribution in [3.63, 3.8) is 0 Å². The van der Waals surface area contributed by atoms with Crippen LogP contribution in [0.1, 0.15) is 24.1 Å². The molecule has 0 bridgehead atoms. The number of hydrogen-bond donors (Lipinski definition) is 2. The molecule has 0 saturated carbocycles. The molecule has 0 radical (unpaired) electrons. The van der Waals surface area contributed by atoms with Gasteiger partial charge in [0.15, 0.2) is 4.80 Å². The first-order valence-corrected chi connectivity index (χ1v) is 11.7. The van der Waals surface area contributed by atoms with E-state index in [4.69, 9.17) is 0 Å². The van der Waals surface area contributed by atoms with Crippen LogP contribution in [0.25, 0.3) is 6.08 Å². The summed E-state index contributed by atoms with van der Waals surface area (Å²) in [6, 6.07) is 20.5. The van der Waals surface area contributed by atoms with Gasteiger partial charge in [-0.2, -0.15) is 0 Å². The molecule has 1 aromatic heterocycles. The van der Waals surface area contributed by atoms with Crippen LogP contribution >= 0.6 is 11.3 Å². The molecule has 4 aromatic rings. The third-order valence-electron chi connectivity index (χ3n) is 5.65. The van der Waals surface area contributed by atoms with Gasteiger partial charge in [0.05, 0.1) is 21.8 Å². The van der Waals surface area contributed by atoms with Crippen molar-refractivity contribution in [2.45, 2.75) is 13.0 Å². The van der Waals surface area contributed by atoms with Crippen molar-refractivity contribution in [2.24, 2.45) is 4.99 Å². The van der Waals surface area contributed by atoms with Crippen molar-refractivity contribution >= 4 is 29.0 Å². The van der Waals surface area contributed by atoms with Crippen LogP contribution in [-0.4, -0.2) is 15.6 Å². The number of hydrogen-bond acceptors (Lipinski definition) is 5. The number of benzene rings is 3. The first kappa shape index (κ1) is 22.5. The molecule has 0 fully saturated rings. The second-order valence-electron chi connectivity index (χ2n) is 8.05. The summed E-state index contributed by atoms with van der Waals surface area (Å²) in [5.41, 5.74) is 2.30. The average molecular weight is 486 g/mol. The fourth-order valence-electron chi connectivity index (χ4n) is 4.06. The van der Waals surface area contributed by atoms with E-state index in [0.29, 0.717) is 37.4 Å². The van der Waals surface area contributed by atoms with Gasteiger partial charge in [-0.15, -0.1) is 0 Å². The van der Waals surface area contributed by atoms with Crippen molar-refractivity contribution in [1.82, 2.24) is 4.57 Å². The normalized spacial score (nSPS) is 15.5. The summed E-state index contributed by atoms with van der Waals surface area (Å²) in [4.78, 5) is 32.0. The monoisotopic (exact) mass is 485 g/mol. The van der Waals surface area contributed by atoms with Crippen LogP contribution in [0.3, 0.4) is 0 Å². The highest BCUT2D eigenvalue weighted by atomic mass is 32.1. The SMILES string of the molecule is CC1=C(C(=O)Nc2ccccc2)[C@@H](c2ccc(F)cc2)n2c(s/c(=C/c3cccc(O)c3)c2=O)=N1.